The predicted molar refractivity (Wildman–Crippen MR) is 99.5 cm³/mol. The van der Waals surface area contributed by atoms with Gasteiger partial charge in [-0.05, 0) is 18.2 Å². The van der Waals surface area contributed by atoms with Crippen LogP contribution in [0.15, 0.2) is 36.5 Å². The van der Waals surface area contributed by atoms with Crippen LogP contribution in [0.2, 0.25) is 0 Å². The van der Waals surface area contributed by atoms with E-state index in [1.807, 2.05) is 20.2 Å². The van der Waals surface area contributed by atoms with Gasteiger partial charge in [0.1, 0.15) is 18.3 Å². The van der Waals surface area contributed by atoms with Crippen molar-refractivity contribution in [1.29, 1.82) is 0 Å². The van der Waals surface area contributed by atoms with E-state index >= 15 is 0 Å². The lowest BCUT2D eigenvalue weighted by Crippen LogP contribution is -2.36. The highest BCUT2D eigenvalue weighted by Gasteiger charge is 2.48. The van der Waals surface area contributed by atoms with E-state index in [0.29, 0.717) is 19.2 Å². The summed E-state index contributed by atoms with van der Waals surface area (Å²) in [4.78, 5) is 11.1. The molecule has 3 heterocycles. The van der Waals surface area contributed by atoms with E-state index in [4.69, 9.17) is 14.2 Å². The molecule has 0 amide bonds. The van der Waals surface area contributed by atoms with Crippen LogP contribution in [0.4, 0.5) is 11.6 Å². The van der Waals surface area contributed by atoms with E-state index in [1.165, 1.54) is 0 Å². The molecule has 1 aromatic heterocycles. The van der Waals surface area contributed by atoms with E-state index in [2.05, 4.69) is 44.5 Å². The zero-order valence-corrected chi connectivity index (χ0v) is 15.3. The molecule has 0 spiro atoms. The van der Waals surface area contributed by atoms with E-state index in [0.717, 1.165) is 16.9 Å². The number of ether oxygens (including phenoxy) is 3. The first-order valence-corrected chi connectivity index (χ1v) is 8.79. The average molecular weight is 356 g/mol. The smallest absolute Gasteiger partial charge is 0.223 e. The molecule has 2 aromatic rings. The first kappa shape index (κ1) is 17.2. The lowest BCUT2D eigenvalue weighted by Gasteiger charge is -2.18. The van der Waals surface area contributed by atoms with Gasteiger partial charge in [0.2, 0.25) is 5.95 Å². The standard InChI is InChI=1S/C19H24N4O3/c1-23(2)13-6-4-12(5-7-13)14-8-9-20-19(21-14)22-15-10-25-18-16(24-3)11-26-17(15)18/h4-9,15-18H,10-11H2,1-3H3,(H,20,21,22). The van der Waals surface area contributed by atoms with Crippen LogP contribution in [-0.2, 0) is 14.2 Å². The summed E-state index contributed by atoms with van der Waals surface area (Å²) in [5.41, 5.74) is 3.09. The Morgan fingerprint density at radius 2 is 1.85 bits per heavy atom. The van der Waals surface area contributed by atoms with Crippen molar-refractivity contribution in [1.82, 2.24) is 9.97 Å². The number of nitrogens with one attached hydrogen (secondary N) is 1. The number of benzene rings is 1. The molecule has 7 nitrogen and oxygen atoms in total. The molecular formula is C19H24N4O3. The zero-order chi connectivity index (χ0) is 18.1. The monoisotopic (exact) mass is 356 g/mol. The number of methoxy groups -OCH3 is 1. The van der Waals surface area contributed by atoms with Gasteiger partial charge in [-0.25, -0.2) is 9.97 Å². The van der Waals surface area contributed by atoms with Crippen LogP contribution in [0.3, 0.4) is 0 Å². The minimum Gasteiger partial charge on any atom is -0.378 e. The minimum atomic E-state index is -0.0356. The summed E-state index contributed by atoms with van der Waals surface area (Å²) in [6.07, 6.45) is 1.70. The molecule has 1 aromatic carbocycles. The highest BCUT2D eigenvalue weighted by molar-refractivity contribution is 5.63. The lowest BCUT2D eigenvalue weighted by atomic mass is 10.1. The predicted octanol–water partition coefficient (Wildman–Crippen LogP) is 1.80. The van der Waals surface area contributed by atoms with E-state index in [-0.39, 0.29) is 24.4 Å². The largest absolute Gasteiger partial charge is 0.378 e. The van der Waals surface area contributed by atoms with Crippen LogP contribution in [0.25, 0.3) is 11.3 Å². The quantitative estimate of drug-likeness (QED) is 0.876. The van der Waals surface area contributed by atoms with Crippen LogP contribution in [0.5, 0.6) is 0 Å². The average Bonchev–Trinajstić information content (AvgIpc) is 3.25. The Morgan fingerprint density at radius 1 is 1.08 bits per heavy atom. The van der Waals surface area contributed by atoms with Gasteiger partial charge in [-0.3, -0.25) is 0 Å². The molecule has 0 aliphatic carbocycles. The maximum absolute atomic E-state index is 5.84. The van der Waals surface area contributed by atoms with Crippen molar-refractivity contribution in [2.24, 2.45) is 0 Å². The summed E-state index contributed by atoms with van der Waals surface area (Å²) >= 11 is 0. The SMILES string of the molecule is COC1COC2C(Nc3nccc(-c4ccc(N(C)C)cc4)n3)COC12. The van der Waals surface area contributed by atoms with Gasteiger partial charge in [0.25, 0.3) is 0 Å². The molecule has 7 heteroatoms. The molecule has 2 fully saturated rings. The third-order valence-corrected chi connectivity index (χ3v) is 4.96. The zero-order valence-electron chi connectivity index (χ0n) is 15.3. The van der Waals surface area contributed by atoms with Gasteiger partial charge in [-0.1, -0.05) is 12.1 Å². The van der Waals surface area contributed by atoms with Gasteiger partial charge < -0.3 is 24.4 Å². The van der Waals surface area contributed by atoms with Crippen LogP contribution >= 0.6 is 0 Å². The number of anilines is 2. The normalized spacial score (nSPS) is 27.3. The van der Waals surface area contributed by atoms with Gasteiger partial charge in [0.05, 0.1) is 24.9 Å². The van der Waals surface area contributed by atoms with E-state index < -0.39 is 0 Å². The number of hydrogen-bond donors (Lipinski definition) is 1. The molecule has 1 N–H and O–H groups in total. The van der Waals surface area contributed by atoms with Crippen LogP contribution in [-0.4, -0.2) is 68.7 Å². The number of fused-ring (bicyclic) bond motifs is 1. The molecule has 0 radical (unpaired) electrons. The number of hydrogen-bond acceptors (Lipinski definition) is 7. The first-order valence-electron chi connectivity index (χ1n) is 8.79. The molecule has 2 aliphatic heterocycles. The van der Waals surface area contributed by atoms with Crippen LogP contribution in [0.1, 0.15) is 0 Å². The topological polar surface area (TPSA) is 68.7 Å². The lowest BCUT2D eigenvalue weighted by molar-refractivity contribution is -0.00757. The second-order valence-electron chi connectivity index (χ2n) is 6.83. The molecule has 4 unspecified atom stereocenters. The Bertz CT molecular complexity index is 753. The number of nitrogens with zero attached hydrogens (tertiary/aromatic N) is 3. The van der Waals surface area contributed by atoms with Crippen LogP contribution in [0, 0.1) is 0 Å². The molecule has 26 heavy (non-hydrogen) atoms. The summed E-state index contributed by atoms with van der Waals surface area (Å²) in [6, 6.07) is 10.2. The molecule has 138 valence electrons. The van der Waals surface area contributed by atoms with Gasteiger partial charge >= 0.3 is 0 Å². The van der Waals surface area contributed by atoms with Crippen molar-refractivity contribution in [2.45, 2.75) is 24.4 Å². The van der Waals surface area contributed by atoms with Gasteiger partial charge in [0, 0.05) is 38.7 Å². The maximum atomic E-state index is 5.84. The summed E-state index contributed by atoms with van der Waals surface area (Å²) in [6.45, 7) is 1.11. The second-order valence-corrected chi connectivity index (χ2v) is 6.83. The third kappa shape index (κ3) is 3.25. The Labute approximate surface area is 153 Å². The Hall–Kier alpha value is -2.22. The Morgan fingerprint density at radius 3 is 2.58 bits per heavy atom. The molecule has 0 bridgehead atoms. The van der Waals surface area contributed by atoms with Gasteiger partial charge in [0.15, 0.2) is 0 Å². The fourth-order valence-electron chi connectivity index (χ4n) is 3.48. The summed E-state index contributed by atoms with van der Waals surface area (Å²) in [7, 11) is 5.74. The van der Waals surface area contributed by atoms with Crippen molar-refractivity contribution in [3.8, 4) is 11.3 Å². The molecule has 4 rings (SSSR count). The molecular weight excluding hydrogens is 332 g/mol. The van der Waals surface area contributed by atoms with Crippen molar-refractivity contribution in [2.75, 3.05) is 44.6 Å². The summed E-state index contributed by atoms with van der Waals surface area (Å²) in [5.74, 6) is 0.581. The van der Waals surface area contributed by atoms with Crippen molar-refractivity contribution < 1.29 is 14.2 Å². The Kier molecular flexibility index (Phi) is 4.76. The summed E-state index contributed by atoms with van der Waals surface area (Å²) < 4.78 is 17.1. The van der Waals surface area contributed by atoms with Gasteiger partial charge in [-0.2, -0.15) is 0 Å². The fourth-order valence-corrected chi connectivity index (χ4v) is 3.48. The third-order valence-electron chi connectivity index (χ3n) is 4.96. The van der Waals surface area contributed by atoms with E-state index in [1.54, 1.807) is 13.3 Å². The molecule has 2 saturated heterocycles. The summed E-state index contributed by atoms with van der Waals surface area (Å²) in [5, 5.41) is 3.36. The van der Waals surface area contributed by atoms with E-state index in [9.17, 15) is 0 Å². The number of aromatic nitrogens is 2. The highest BCUT2D eigenvalue weighted by atomic mass is 16.6. The number of rotatable bonds is 5. The fraction of sp³-hybridized carbons (Fsp3) is 0.474. The van der Waals surface area contributed by atoms with Crippen molar-refractivity contribution >= 4 is 11.6 Å². The molecule has 4 atom stereocenters. The van der Waals surface area contributed by atoms with Crippen molar-refractivity contribution in [3.05, 3.63) is 36.5 Å². The van der Waals surface area contributed by atoms with Crippen LogP contribution < -0.4 is 10.2 Å². The first-order chi connectivity index (χ1) is 12.7. The second kappa shape index (κ2) is 7.19. The highest BCUT2D eigenvalue weighted by Crippen LogP contribution is 2.30. The van der Waals surface area contributed by atoms with Gasteiger partial charge in [-0.15, -0.1) is 0 Å². The molecule has 2 aliphatic rings. The van der Waals surface area contributed by atoms with Crippen molar-refractivity contribution in [3.63, 3.8) is 0 Å². The maximum Gasteiger partial charge on any atom is 0.223 e. The molecule has 0 saturated carbocycles. The minimum absolute atomic E-state index is 0.00531. The Balaban J connectivity index is 1.48.